The van der Waals surface area contributed by atoms with Crippen molar-refractivity contribution in [2.45, 2.75) is 65.2 Å². The van der Waals surface area contributed by atoms with Crippen LogP contribution in [0.1, 0.15) is 62.8 Å². The topological polar surface area (TPSA) is 45.3 Å². The van der Waals surface area contributed by atoms with Crippen LogP contribution in [0, 0.1) is 13.8 Å². The molecule has 0 unspecified atom stereocenters. The van der Waals surface area contributed by atoms with Gasteiger partial charge in [0.1, 0.15) is 16.7 Å². The second-order valence-electron chi connectivity index (χ2n) is 17.0. The van der Waals surface area contributed by atoms with E-state index in [1.54, 1.807) is 0 Å². The number of hydrogen-bond acceptors (Lipinski definition) is 3. The lowest BCUT2D eigenvalue weighted by molar-refractivity contribution is 0.332. The van der Waals surface area contributed by atoms with E-state index in [0.717, 1.165) is 56.8 Å². The summed E-state index contributed by atoms with van der Waals surface area (Å²) in [6.07, 6.45) is 2.37. The van der Waals surface area contributed by atoms with E-state index >= 15 is 0 Å². The van der Waals surface area contributed by atoms with Crippen LogP contribution in [0.5, 0.6) is 0 Å². The molecular weight excluding hydrogens is 647 g/mol. The van der Waals surface area contributed by atoms with E-state index in [9.17, 15) is 0 Å². The van der Waals surface area contributed by atoms with E-state index in [0.29, 0.717) is 0 Å². The molecule has 4 nitrogen and oxygen atoms in total. The number of nitrogens with one attached hydrogen (secondary N) is 1. The van der Waals surface area contributed by atoms with Crippen molar-refractivity contribution in [1.82, 2.24) is 4.98 Å². The Bertz CT molecular complexity index is 3030. The Hall–Kier alpha value is -5.68. The molecule has 0 radical (unpaired) electrons. The van der Waals surface area contributed by atoms with Crippen molar-refractivity contribution in [2.75, 3.05) is 4.90 Å². The molecule has 5 heteroatoms. The fourth-order valence-electron chi connectivity index (χ4n) is 9.74. The van der Waals surface area contributed by atoms with Crippen LogP contribution in [0.4, 0.5) is 17.1 Å². The van der Waals surface area contributed by atoms with Gasteiger partial charge in [0.2, 0.25) is 5.71 Å². The Labute approximate surface area is 309 Å². The van der Waals surface area contributed by atoms with Crippen molar-refractivity contribution in [1.29, 1.82) is 0 Å². The molecule has 0 atom stereocenters. The summed E-state index contributed by atoms with van der Waals surface area (Å²) < 4.78 is 12.9. The minimum atomic E-state index is 0.0849. The highest BCUT2D eigenvalue weighted by Crippen LogP contribution is 2.50. The number of hydrogen-bond donors (Lipinski definition) is 1. The standard InChI is InChI=1S/C48H41BN2O2/c1-26-20-33(29-14-11-15-31-43-30-13-8-10-17-41(30)53-46(43)50-45(29)31)44-39(21-26)51(37-24-35-34(22-27(37)2)47(3,4)18-19-48(35,5)6)38-23-32-28-12-7-9-16-40(28)52-42(32)25-36(38)49-44/h7-17,20-25,49-50H,18-19H2,1-6H3. The molecular formula is C48H41BN2O2. The molecule has 4 heterocycles. The minimum Gasteiger partial charge on any atom is -0.456 e. The van der Waals surface area contributed by atoms with Crippen molar-refractivity contribution >= 4 is 90.2 Å². The van der Waals surface area contributed by atoms with Gasteiger partial charge in [-0.2, -0.15) is 0 Å². The number of rotatable bonds is 2. The van der Waals surface area contributed by atoms with E-state index in [1.165, 1.54) is 79.6 Å². The highest BCUT2D eigenvalue weighted by atomic mass is 16.3. The van der Waals surface area contributed by atoms with Crippen LogP contribution in [0.2, 0.25) is 0 Å². The third kappa shape index (κ3) is 4.31. The molecule has 3 aromatic heterocycles. The van der Waals surface area contributed by atoms with Crippen molar-refractivity contribution < 1.29 is 8.83 Å². The van der Waals surface area contributed by atoms with Gasteiger partial charge in [0.25, 0.3) is 0 Å². The van der Waals surface area contributed by atoms with Gasteiger partial charge in [0.05, 0.1) is 10.9 Å². The third-order valence-corrected chi connectivity index (χ3v) is 12.7. The highest BCUT2D eigenvalue weighted by Gasteiger charge is 2.39. The Morgan fingerprint density at radius 2 is 1.30 bits per heavy atom. The molecule has 2 aliphatic rings. The molecule has 9 aromatic rings. The highest BCUT2D eigenvalue weighted by molar-refractivity contribution is 6.73. The number of benzene rings is 6. The first-order chi connectivity index (χ1) is 25.6. The molecule has 1 N–H and O–H groups in total. The number of fused-ring (bicyclic) bond motifs is 11. The first-order valence-corrected chi connectivity index (χ1v) is 19.0. The number of para-hydroxylation sites is 3. The van der Waals surface area contributed by atoms with Gasteiger partial charge in [-0.1, -0.05) is 99.9 Å². The van der Waals surface area contributed by atoms with E-state index in [1.807, 2.05) is 12.1 Å². The van der Waals surface area contributed by atoms with Crippen LogP contribution in [-0.4, -0.2) is 12.3 Å². The van der Waals surface area contributed by atoms with Gasteiger partial charge in [0.15, 0.2) is 7.28 Å². The molecule has 0 bridgehead atoms. The average Bonchev–Trinajstić information content (AvgIpc) is 3.81. The lowest BCUT2D eigenvalue weighted by Crippen LogP contribution is -2.41. The number of aryl methyl sites for hydroxylation is 2. The number of aromatic amines is 1. The molecule has 1 aliphatic carbocycles. The van der Waals surface area contributed by atoms with Gasteiger partial charge in [-0.3, -0.25) is 0 Å². The maximum absolute atomic E-state index is 6.51. The summed E-state index contributed by atoms with van der Waals surface area (Å²) in [5, 5.41) is 5.78. The fourth-order valence-corrected chi connectivity index (χ4v) is 9.74. The summed E-state index contributed by atoms with van der Waals surface area (Å²) in [5.74, 6) is 0. The van der Waals surface area contributed by atoms with Gasteiger partial charge in [0, 0.05) is 44.2 Å². The van der Waals surface area contributed by atoms with E-state index in [4.69, 9.17) is 8.83 Å². The zero-order valence-electron chi connectivity index (χ0n) is 31.2. The van der Waals surface area contributed by atoms with Crippen molar-refractivity contribution in [3.05, 3.63) is 125 Å². The van der Waals surface area contributed by atoms with Crippen LogP contribution in [0.3, 0.4) is 0 Å². The van der Waals surface area contributed by atoms with Crippen LogP contribution in [0.15, 0.2) is 112 Å². The Morgan fingerprint density at radius 1 is 0.604 bits per heavy atom. The summed E-state index contributed by atoms with van der Waals surface area (Å²) in [5.41, 5.74) is 19.2. The van der Waals surface area contributed by atoms with E-state index < -0.39 is 0 Å². The Balaban J connectivity index is 1.21. The SMILES string of the molecule is Cc1cc(-c2cccc3c2[nH]c2oc4ccccc4c23)c2c(c1)N(c1cc3c(cc1C)C(C)(C)CCC3(C)C)c1cc3c(cc1B2)oc1ccccc13. The van der Waals surface area contributed by atoms with E-state index in [-0.39, 0.29) is 10.8 Å². The summed E-state index contributed by atoms with van der Waals surface area (Å²) in [6.45, 7) is 14.2. The normalized spacial score (nSPS) is 16.0. The van der Waals surface area contributed by atoms with Crippen LogP contribution in [0.25, 0.3) is 66.0 Å². The average molecular weight is 689 g/mol. The predicted octanol–water partition coefficient (Wildman–Crippen LogP) is 11.8. The predicted molar refractivity (Wildman–Crippen MR) is 224 cm³/mol. The second kappa shape index (κ2) is 10.5. The molecule has 0 saturated heterocycles. The monoisotopic (exact) mass is 688 g/mol. The molecule has 258 valence electrons. The van der Waals surface area contributed by atoms with Crippen LogP contribution < -0.4 is 15.8 Å². The summed E-state index contributed by atoms with van der Waals surface area (Å²) in [7, 11) is 0.794. The van der Waals surface area contributed by atoms with Crippen molar-refractivity contribution in [3.63, 3.8) is 0 Å². The smallest absolute Gasteiger partial charge is 0.206 e. The largest absolute Gasteiger partial charge is 0.456 e. The molecule has 0 fully saturated rings. The lowest BCUT2D eigenvalue weighted by atomic mass is 9.57. The summed E-state index contributed by atoms with van der Waals surface area (Å²) in [4.78, 5) is 6.30. The van der Waals surface area contributed by atoms with Crippen LogP contribution in [-0.2, 0) is 10.8 Å². The van der Waals surface area contributed by atoms with Gasteiger partial charge in [-0.15, -0.1) is 0 Å². The zero-order chi connectivity index (χ0) is 36.0. The number of nitrogens with zero attached hydrogens (tertiary/aromatic N) is 1. The number of aromatic nitrogens is 1. The minimum absolute atomic E-state index is 0.0849. The number of H-pyrrole nitrogens is 1. The van der Waals surface area contributed by atoms with E-state index in [2.05, 4.69) is 142 Å². The van der Waals surface area contributed by atoms with Gasteiger partial charge < -0.3 is 18.7 Å². The zero-order valence-corrected chi connectivity index (χ0v) is 31.2. The molecule has 0 saturated carbocycles. The van der Waals surface area contributed by atoms with Crippen LogP contribution >= 0.6 is 0 Å². The molecule has 6 aromatic carbocycles. The lowest BCUT2D eigenvalue weighted by Gasteiger charge is -2.43. The van der Waals surface area contributed by atoms with Gasteiger partial charge in [-0.05, 0) is 107 Å². The third-order valence-electron chi connectivity index (χ3n) is 12.7. The number of furan rings is 2. The fraction of sp³-hybridized carbons (Fsp3) is 0.208. The molecule has 0 amide bonds. The summed E-state index contributed by atoms with van der Waals surface area (Å²) >= 11 is 0. The first kappa shape index (κ1) is 30.9. The summed E-state index contributed by atoms with van der Waals surface area (Å²) in [6, 6.07) is 38.0. The van der Waals surface area contributed by atoms with Crippen molar-refractivity contribution in [2.24, 2.45) is 0 Å². The molecule has 1 aliphatic heterocycles. The maximum Gasteiger partial charge on any atom is 0.206 e. The molecule has 11 rings (SSSR count). The van der Waals surface area contributed by atoms with Crippen molar-refractivity contribution in [3.8, 4) is 11.1 Å². The quantitative estimate of drug-likeness (QED) is 0.184. The Kier molecular flexibility index (Phi) is 6.11. The van der Waals surface area contributed by atoms with Gasteiger partial charge in [-0.25, -0.2) is 0 Å². The maximum atomic E-state index is 6.51. The Morgan fingerprint density at radius 3 is 2.09 bits per heavy atom. The molecule has 53 heavy (non-hydrogen) atoms. The second-order valence-corrected chi connectivity index (χ2v) is 17.0. The first-order valence-electron chi connectivity index (χ1n) is 19.0. The molecule has 0 spiro atoms. The van der Waals surface area contributed by atoms with Gasteiger partial charge >= 0.3 is 0 Å². The number of anilines is 3.